The summed E-state index contributed by atoms with van der Waals surface area (Å²) in [5, 5.41) is 3.03. The van der Waals surface area contributed by atoms with E-state index in [1.165, 1.54) is 5.56 Å². The van der Waals surface area contributed by atoms with Crippen molar-refractivity contribution in [2.75, 3.05) is 5.32 Å². The van der Waals surface area contributed by atoms with Gasteiger partial charge in [0.2, 0.25) is 0 Å². The maximum absolute atomic E-state index is 12.6. The summed E-state index contributed by atoms with van der Waals surface area (Å²) in [4.78, 5) is 12.6. The van der Waals surface area contributed by atoms with Gasteiger partial charge in [0.25, 0.3) is 5.91 Å². The molecule has 0 saturated carbocycles. The van der Waals surface area contributed by atoms with E-state index in [4.69, 9.17) is 4.74 Å². The van der Waals surface area contributed by atoms with Gasteiger partial charge in [0.1, 0.15) is 5.75 Å². The Bertz CT molecular complexity index is 684. The standard InChI is InChI=1S/C20H25NO2/c1-6-17(23-18-10-8-7-9-14(18)3)20(22)21-19-15(4)11-13(2)12-16(19)5/h7-12,17H,6H2,1-5H3,(H,21,22)/t17-/m1/s1. The molecule has 0 aliphatic carbocycles. The number of benzene rings is 2. The summed E-state index contributed by atoms with van der Waals surface area (Å²) >= 11 is 0. The Morgan fingerprint density at radius 3 is 2.22 bits per heavy atom. The minimum absolute atomic E-state index is 0.106. The monoisotopic (exact) mass is 311 g/mol. The first-order valence-corrected chi connectivity index (χ1v) is 8.03. The van der Waals surface area contributed by atoms with Gasteiger partial charge < -0.3 is 10.1 Å². The van der Waals surface area contributed by atoms with E-state index >= 15 is 0 Å². The maximum Gasteiger partial charge on any atom is 0.265 e. The van der Waals surface area contributed by atoms with Crippen LogP contribution in [0.1, 0.15) is 35.6 Å². The highest BCUT2D eigenvalue weighted by Gasteiger charge is 2.20. The Morgan fingerprint density at radius 1 is 1.04 bits per heavy atom. The number of nitrogens with one attached hydrogen (secondary N) is 1. The van der Waals surface area contributed by atoms with Gasteiger partial charge in [0.05, 0.1) is 0 Å². The molecule has 0 aromatic heterocycles. The van der Waals surface area contributed by atoms with Crippen molar-refractivity contribution in [3.8, 4) is 5.75 Å². The molecule has 122 valence electrons. The Balaban J connectivity index is 2.17. The van der Waals surface area contributed by atoms with Gasteiger partial charge in [0, 0.05) is 5.69 Å². The van der Waals surface area contributed by atoms with Crippen molar-refractivity contribution < 1.29 is 9.53 Å². The summed E-state index contributed by atoms with van der Waals surface area (Å²) in [5.74, 6) is 0.651. The third-order valence-corrected chi connectivity index (χ3v) is 3.95. The number of anilines is 1. The molecule has 2 aromatic carbocycles. The van der Waals surface area contributed by atoms with E-state index < -0.39 is 6.10 Å². The van der Waals surface area contributed by atoms with Crippen molar-refractivity contribution in [2.24, 2.45) is 0 Å². The summed E-state index contributed by atoms with van der Waals surface area (Å²) in [6.07, 6.45) is 0.112. The Labute approximate surface area is 138 Å². The summed E-state index contributed by atoms with van der Waals surface area (Å²) in [6.45, 7) is 10.0. The molecule has 0 saturated heterocycles. The predicted octanol–water partition coefficient (Wildman–Crippen LogP) is 4.72. The van der Waals surface area contributed by atoms with Crippen molar-refractivity contribution in [1.82, 2.24) is 0 Å². The normalized spacial score (nSPS) is 11.9. The van der Waals surface area contributed by atoms with Crippen molar-refractivity contribution in [1.29, 1.82) is 0 Å². The fraction of sp³-hybridized carbons (Fsp3) is 0.350. The van der Waals surface area contributed by atoms with E-state index in [-0.39, 0.29) is 5.91 Å². The Morgan fingerprint density at radius 2 is 1.65 bits per heavy atom. The number of amides is 1. The van der Waals surface area contributed by atoms with E-state index in [2.05, 4.69) is 24.4 Å². The second-order valence-corrected chi connectivity index (χ2v) is 6.04. The third kappa shape index (κ3) is 4.13. The predicted molar refractivity (Wildman–Crippen MR) is 95.2 cm³/mol. The van der Waals surface area contributed by atoms with Crippen LogP contribution in [-0.2, 0) is 4.79 Å². The summed E-state index contributed by atoms with van der Waals surface area (Å²) in [7, 11) is 0. The molecule has 0 fully saturated rings. The number of carbonyl (C=O) groups excluding carboxylic acids is 1. The summed E-state index contributed by atoms with van der Waals surface area (Å²) < 4.78 is 5.92. The van der Waals surface area contributed by atoms with Crippen LogP contribution in [0.4, 0.5) is 5.69 Å². The van der Waals surface area contributed by atoms with Gasteiger partial charge in [-0.3, -0.25) is 4.79 Å². The van der Waals surface area contributed by atoms with E-state index in [1.54, 1.807) is 0 Å². The van der Waals surface area contributed by atoms with Gasteiger partial charge in [0.15, 0.2) is 6.10 Å². The van der Waals surface area contributed by atoms with Crippen LogP contribution in [0.5, 0.6) is 5.75 Å². The zero-order chi connectivity index (χ0) is 17.0. The van der Waals surface area contributed by atoms with E-state index in [0.29, 0.717) is 6.42 Å². The van der Waals surface area contributed by atoms with Crippen LogP contribution in [0.15, 0.2) is 36.4 Å². The largest absolute Gasteiger partial charge is 0.480 e. The first-order valence-electron chi connectivity index (χ1n) is 8.03. The second-order valence-electron chi connectivity index (χ2n) is 6.04. The molecule has 0 unspecified atom stereocenters. The zero-order valence-corrected chi connectivity index (χ0v) is 14.6. The van der Waals surface area contributed by atoms with Crippen molar-refractivity contribution in [2.45, 2.75) is 47.1 Å². The number of hydrogen-bond acceptors (Lipinski definition) is 2. The first kappa shape index (κ1) is 17.1. The highest BCUT2D eigenvalue weighted by atomic mass is 16.5. The number of ether oxygens (including phenoxy) is 1. The quantitative estimate of drug-likeness (QED) is 0.868. The van der Waals surface area contributed by atoms with Gasteiger partial charge in [-0.05, 0) is 56.9 Å². The molecular weight excluding hydrogens is 286 g/mol. The third-order valence-electron chi connectivity index (χ3n) is 3.95. The van der Waals surface area contributed by atoms with Crippen LogP contribution in [0.3, 0.4) is 0 Å². The average Bonchev–Trinajstić information content (AvgIpc) is 2.49. The van der Waals surface area contributed by atoms with Crippen LogP contribution in [-0.4, -0.2) is 12.0 Å². The van der Waals surface area contributed by atoms with E-state index in [9.17, 15) is 4.79 Å². The number of para-hydroxylation sites is 1. The second kappa shape index (κ2) is 7.32. The molecule has 3 heteroatoms. The lowest BCUT2D eigenvalue weighted by molar-refractivity contribution is -0.122. The van der Waals surface area contributed by atoms with Crippen LogP contribution >= 0.6 is 0 Å². The number of aryl methyl sites for hydroxylation is 4. The van der Waals surface area contributed by atoms with Gasteiger partial charge in [-0.25, -0.2) is 0 Å². The molecule has 23 heavy (non-hydrogen) atoms. The summed E-state index contributed by atoms with van der Waals surface area (Å²) in [5.41, 5.74) is 5.25. The van der Waals surface area contributed by atoms with Crippen LogP contribution in [0.2, 0.25) is 0 Å². The number of carbonyl (C=O) groups is 1. The van der Waals surface area contributed by atoms with Crippen LogP contribution in [0, 0.1) is 27.7 Å². The molecule has 0 heterocycles. The lowest BCUT2D eigenvalue weighted by Crippen LogP contribution is -2.33. The SMILES string of the molecule is CC[C@@H](Oc1ccccc1C)C(=O)Nc1c(C)cc(C)cc1C. The smallest absolute Gasteiger partial charge is 0.265 e. The number of rotatable bonds is 5. The minimum atomic E-state index is -0.504. The molecule has 0 aliphatic heterocycles. The molecule has 0 bridgehead atoms. The topological polar surface area (TPSA) is 38.3 Å². The van der Waals surface area contributed by atoms with Crippen LogP contribution < -0.4 is 10.1 Å². The molecule has 2 aromatic rings. The fourth-order valence-electron chi connectivity index (χ4n) is 2.75. The molecule has 3 nitrogen and oxygen atoms in total. The zero-order valence-electron chi connectivity index (χ0n) is 14.6. The number of hydrogen-bond donors (Lipinski definition) is 1. The highest BCUT2D eigenvalue weighted by Crippen LogP contribution is 2.24. The van der Waals surface area contributed by atoms with E-state index in [1.807, 2.05) is 52.0 Å². The fourth-order valence-corrected chi connectivity index (χ4v) is 2.75. The molecule has 1 amide bonds. The molecule has 0 spiro atoms. The van der Waals surface area contributed by atoms with Crippen molar-refractivity contribution in [3.63, 3.8) is 0 Å². The highest BCUT2D eigenvalue weighted by molar-refractivity contribution is 5.95. The Kier molecular flexibility index (Phi) is 5.43. The summed E-state index contributed by atoms with van der Waals surface area (Å²) in [6, 6.07) is 11.9. The molecule has 1 N–H and O–H groups in total. The molecule has 2 rings (SSSR count). The molecule has 0 aliphatic rings. The minimum Gasteiger partial charge on any atom is -0.480 e. The van der Waals surface area contributed by atoms with Gasteiger partial charge >= 0.3 is 0 Å². The van der Waals surface area contributed by atoms with Crippen molar-refractivity contribution >= 4 is 11.6 Å². The van der Waals surface area contributed by atoms with Crippen molar-refractivity contribution in [3.05, 3.63) is 58.7 Å². The molecule has 1 atom stereocenters. The van der Waals surface area contributed by atoms with Crippen LogP contribution in [0.25, 0.3) is 0 Å². The van der Waals surface area contributed by atoms with Gasteiger partial charge in [-0.2, -0.15) is 0 Å². The lowest BCUT2D eigenvalue weighted by atomic mass is 10.0. The van der Waals surface area contributed by atoms with Gasteiger partial charge in [-0.1, -0.05) is 42.8 Å². The molecule has 0 radical (unpaired) electrons. The lowest BCUT2D eigenvalue weighted by Gasteiger charge is -2.20. The Hall–Kier alpha value is -2.29. The average molecular weight is 311 g/mol. The van der Waals surface area contributed by atoms with E-state index in [0.717, 1.165) is 28.1 Å². The maximum atomic E-state index is 12.6. The molecular formula is C20H25NO2. The first-order chi connectivity index (χ1) is 10.9. The van der Waals surface area contributed by atoms with Gasteiger partial charge in [-0.15, -0.1) is 0 Å².